The van der Waals surface area contributed by atoms with Crippen LogP contribution >= 0.6 is 0 Å². The Morgan fingerprint density at radius 2 is 2.03 bits per heavy atom. The monoisotopic (exact) mass is 434 g/mol. The molecule has 3 aromatic rings. The number of nitrogens with zero attached hydrogens (tertiary/aromatic N) is 4. The number of benzene rings is 2. The van der Waals surface area contributed by atoms with Gasteiger partial charge in [0.05, 0.1) is 11.9 Å². The second-order valence-corrected chi connectivity index (χ2v) is 9.39. The number of aromatic nitrogens is 2. The van der Waals surface area contributed by atoms with E-state index in [0.29, 0.717) is 31.7 Å². The van der Waals surface area contributed by atoms with Gasteiger partial charge in [-0.25, -0.2) is 8.42 Å². The zero-order valence-corrected chi connectivity index (χ0v) is 17.9. The lowest BCUT2D eigenvalue weighted by atomic mass is 9.98. The minimum atomic E-state index is -3.22. The van der Waals surface area contributed by atoms with Gasteiger partial charge in [0.15, 0.2) is 5.69 Å². The van der Waals surface area contributed by atoms with Crippen LogP contribution in [0.4, 0.5) is 11.4 Å². The molecule has 2 heterocycles. The van der Waals surface area contributed by atoms with Gasteiger partial charge in [-0.2, -0.15) is 9.57 Å². The third-order valence-electron chi connectivity index (χ3n) is 5.36. The summed E-state index contributed by atoms with van der Waals surface area (Å²) in [5.74, 6) is 0. The second-order valence-electron chi connectivity index (χ2n) is 7.41. The molecule has 1 aliphatic rings. The van der Waals surface area contributed by atoms with E-state index in [1.165, 1.54) is 10.6 Å². The van der Waals surface area contributed by atoms with E-state index in [2.05, 4.69) is 15.5 Å². The Kier molecular flexibility index (Phi) is 5.69. The van der Waals surface area contributed by atoms with Crippen molar-refractivity contribution in [3.63, 3.8) is 0 Å². The van der Waals surface area contributed by atoms with Gasteiger partial charge in [-0.3, -0.25) is 0 Å². The van der Waals surface area contributed by atoms with Crippen LogP contribution in [-0.4, -0.2) is 35.7 Å². The van der Waals surface area contributed by atoms with Crippen molar-refractivity contribution >= 4 is 21.4 Å². The molecule has 0 atom stereocenters. The minimum absolute atomic E-state index is 0.256. The van der Waals surface area contributed by atoms with Gasteiger partial charge >= 0.3 is 0 Å². The molecule has 1 aromatic heterocycles. The number of hydrogen-bond acceptors (Lipinski definition) is 7. The van der Waals surface area contributed by atoms with E-state index in [9.17, 15) is 8.42 Å². The Balaban J connectivity index is 1.66. The number of nitrogens with two attached hydrogens (primary N) is 1. The summed E-state index contributed by atoms with van der Waals surface area (Å²) in [6, 6.07) is 17.1. The zero-order chi connectivity index (χ0) is 22.0. The topological polar surface area (TPSA) is 125 Å². The molecule has 2 aromatic carbocycles. The fraction of sp³-hybridized carbons (Fsp3) is 0.227. The van der Waals surface area contributed by atoms with Crippen molar-refractivity contribution in [1.29, 1.82) is 5.26 Å². The number of nitrogens with one attached hydrogen (secondary N) is 1. The van der Waals surface area contributed by atoms with Gasteiger partial charge in [0.1, 0.15) is 6.07 Å². The molecule has 3 N–H and O–H groups in total. The predicted octanol–water partition coefficient (Wildman–Crippen LogP) is 2.54. The maximum absolute atomic E-state index is 11.9. The van der Waals surface area contributed by atoms with Crippen LogP contribution in [0.25, 0.3) is 11.3 Å². The van der Waals surface area contributed by atoms with Crippen LogP contribution in [0.3, 0.4) is 0 Å². The van der Waals surface area contributed by atoms with Crippen LogP contribution in [0.5, 0.6) is 0 Å². The van der Waals surface area contributed by atoms with Crippen molar-refractivity contribution in [1.82, 2.24) is 14.5 Å². The number of anilines is 2. The van der Waals surface area contributed by atoms with Gasteiger partial charge in [-0.15, -0.1) is 10.2 Å². The normalized spacial score (nSPS) is 14.0. The molecule has 0 amide bonds. The first-order valence-electron chi connectivity index (χ1n) is 9.79. The van der Waals surface area contributed by atoms with Gasteiger partial charge in [0.2, 0.25) is 10.0 Å². The second kappa shape index (κ2) is 8.43. The first-order valence-corrected chi connectivity index (χ1v) is 11.6. The molecule has 158 valence electrons. The summed E-state index contributed by atoms with van der Waals surface area (Å²) in [6.45, 7) is 1.18. The molecular weight excluding hydrogens is 412 g/mol. The summed E-state index contributed by atoms with van der Waals surface area (Å²) in [5.41, 5.74) is 12.5. The zero-order valence-electron chi connectivity index (χ0n) is 17.0. The summed E-state index contributed by atoms with van der Waals surface area (Å²) >= 11 is 0. The summed E-state index contributed by atoms with van der Waals surface area (Å²) in [4.78, 5) is 0. The van der Waals surface area contributed by atoms with Gasteiger partial charge < -0.3 is 11.1 Å². The lowest BCUT2D eigenvalue weighted by Crippen LogP contribution is -2.35. The van der Waals surface area contributed by atoms with Crippen molar-refractivity contribution in [3.05, 3.63) is 70.9 Å². The summed E-state index contributed by atoms with van der Waals surface area (Å²) in [6.07, 6.45) is 1.88. The Labute approximate surface area is 181 Å². The Morgan fingerprint density at radius 1 is 1.19 bits per heavy atom. The van der Waals surface area contributed by atoms with Gasteiger partial charge in [0.25, 0.3) is 0 Å². The number of hydrogen-bond donors (Lipinski definition) is 2. The molecule has 0 radical (unpaired) electrons. The fourth-order valence-corrected chi connectivity index (χ4v) is 4.54. The van der Waals surface area contributed by atoms with E-state index in [1.807, 2.05) is 42.5 Å². The summed E-state index contributed by atoms with van der Waals surface area (Å²) in [5, 5.41) is 20.5. The van der Waals surface area contributed by atoms with Crippen molar-refractivity contribution in [3.8, 4) is 17.3 Å². The minimum Gasteiger partial charge on any atom is -0.355 e. The molecule has 0 unspecified atom stereocenters. The largest absolute Gasteiger partial charge is 0.355 e. The predicted molar refractivity (Wildman–Crippen MR) is 119 cm³/mol. The number of rotatable bonds is 5. The molecule has 31 heavy (non-hydrogen) atoms. The third kappa shape index (κ3) is 4.41. The first-order chi connectivity index (χ1) is 14.9. The molecule has 1 aliphatic heterocycles. The molecule has 0 bridgehead atoms. The molecular formula is C22H22N6O2S. The van der Waals surface area contributed by atoms with Crippen molar-refractivity contribution in [2.75, 3.05) is 18.1 Å². The number of nitriles is 1. The van der Waals surface area contributed by atoms with E-state index in [-0.39, 0.29) is 5.69 Å². The van der Waals surface area contributed by atoms with E-state index < -0.39 is 10.0 Å². The third-order valence-corrected chi connectivity index (χ3v) is 6.61. The van der Waals surface area contributed by atoms with Crippen LogP contribution in [-0.2, 0) is 29.5 Å². The van der Waals surface area contributed by atoms with E-state index >= 15 is 0 Å². The molecule has 4 rings (SSSR count). The average Bonchev–Trinajstić information content (AvgIpc) is 2.78. The number of sulfonamides is 1. The van der Waals surface area contributed by atoms with Crippen molar-refractivity contribution < 1.29 is 8.42 Å². The quantitative estimate of drug-likeness (QED) is 0.632. The van der Waals surface area contributed by atoms with E-state index in [1.54, 1.807) is 12.1 Å². The first kappa shape index (κ1) is 20.9. The van der Waals surface area contributed by atoms with E-state index in [4.69, 9.17) is 11.0 Å². The van der Waals surface area contributed by atoms with E-state index in [0.717, 1.165) is 33.6 Å². The highest BCUT2D eigenvalue weighted by Gasteiger charge is 2.24. The maximum Gasteiger partial charge on any atom is 0.211 e. The lowest BCUT2D eigenvalue weighted by Gasteiger charge is -2.28. The Morgan fingerprint density at radius 3 is 2.71 bits per heavy atom. The summed E-state index contributed by atoms with van der Waals surface area (Å²) < 4.78 is 25.3. The number of fused-ring (bicyclic) bond motifs is 1. The fourth-order valence-electron chi connectivity index (χ4n) is 3.75. The van der Waals surface area contributed by atoms with Gasteiger partial charge in [-0.05, 0) is 53.4 Å². The molecule has 0 fully saturated rings. The summed E-state index contributed by atoms with van der Waals surface area (Å²) in [7, 11) is -3.22. The lowest BCUT2D eigenvalue weighted by molar-refractivity contribution is 0.395. The highest BCUT2D eigenvalue weighted by Crippen LogP contribution is 2.32. The molecule has 0 saturated carbocycles. The van der Waals surface area contributed by atoms with Crippen LogP contribution < -0.4 is 11.1 Å². The maximum atomic E-state index is 11.9. The smallest absolute Gasteiger partial charge is 0.211 e. The molecule has 0 aliphatic carbocycles. The molecule has 9 heteroatoms. The molecule has 8 nitrogen and oxygen atoms in total. The van der Waals surface area contributed by atoms with Crippen LogP contribution in [0, 0.1) is 11.3 Å². The van der Waals surface area contributed by atoms with Crippen molar-refractivity contribution in [2.24, 2.45) is 5.73 Å². The Bertz CT molecular complexity index is 1270. The average molecular weight is 435 g/mol. The van der Waals surface area contributed by atoms with Crippen LogP contribution in [0.2, 0.25) is 0 Å². The highest BCUT2D eigenvalue weighted by atomic mass is 32.2. The van der Waals surface area contributed by atoms with Gasteiger partial charge in [-0.1, -0.05) is 18.2 Å². The van der Waals surface area contributed by atoms with Crippen LogP contribution in [0.15, 0.2) is 48.5 Å². The standard InChI is InChI=1S/C22H22N6O2S/c1-31(29,30)28-10-9-19-16(14-28)3-2-4-21(19)25-17-6-5-15(12-23)20(11-17)22-8-7-18(13-24)26-27-22/h2-8,11,25H,9-10,12,14,23H2,1H3. The van der Waals surface area contributed by atoms with Crippen LogP contribution in [0.1, 0.15) is 22.4 Å². The Hall–Kier alpha value is -3.32. The van der Waals surface area contributed by atoms with Gasteiger partial charge in [0, 0.05) is 36.6 Å². The highest BCUT2D eigenvalue weighted by molar-refractivity contribution is 7.88. The molecule has 0 saturated heterocycles. The SMILES string of the molecule is CS(=O)(=O)N1CCc2c(cccc2Nc2ccc(CN)c(-c3ccc(C#N)nn3)c2)C1. The molecule has 0 spiro atoms. The van der Waals surface area contributed by atoms with Crippen molar-refractivity contribution in [2.45, 2.75) is 19.5 Å².